The van der Waals surface area contributed by atoms with Gasteiger partial charge in [-0.25, -0.2) is 28.1 Å². The number of aryl methyl sites for hydroxylation is 1. The van der Waals surface area contributed by atoms with E-state index in [9.17, 15) is 18.0 Å². The van der Waals surface area contributed by atoms with Crippen molar-refractivity contribution in [2.45, 2.75) is 52.2 Å². The summed E-state index contributed by atoms with van der Waals surface area (Å²) in [5.41, 5.74) is 6.28. The summed E-state index contributed by atoms with van der Waals surface area (Å²) in [6.07, 6.45) is 1.72. The Kier molecular flexibility index (Phi) is 8.12. The van der Waals surface area contributed by atoms with Crippen molar-refractivity contribution in [2.24, 2.45) is 5.73 Å². The number of nitrogens with zero attached hydrogens (tertiary/aromatic N) is 4. The van der Waals surface area contributed by atoms with Crippen LogP contribution in [0.1, 0.15) is 44.5 Å². The molecule has 11 nitrogen and oxygen atoms in total. The molecule has 0 radical (unpaired) electrons. The predicted octanol–water partition coefficient (Wildman–Crippen LogP) is 4.18. The summed E-state index contributed by atoms with van der Waals surface area (Å²) in [4.78, 5) is 35.1. The Balaban J connectivity index is 0.00000129. The molecule has 5 rings (SSSR count). The molecule has 1 aliphatic heterocycles. The molecule has 0 atom stereocenters. The van der Waals surface area contributed by atoms with Crippen molar-refractivity contribution >= 4 is 29.7 Å². The summed E-state index contributed by atoms with van der Waals surface area (Å²) in [5.74, 6) is -2.25. The second-order valence-corrected chi connectivity index (χ2v) is 10.9. The molecule has 4 heterocycles. The SMILES string of the molecule is Cc1nc2c(OCc3c(F)ccc(F)c3F)cccn2c1-c1nc(NCC(C)(C)N)c2c(n1)NC(=O)C2(C)C.O=CO. The zero-order valence-corrected chi connectivity index (χ0v) is 23.6. The summed E-state index contributed by atoms with van der Waals surface area (Å²) in [6.45, 7) is 8.68. The highest BCUT2D eigenvalue weighted by atomic mass is 19.2. The standard InChI is InChI=1S/C27H28F3N7O2.CH2O2/c1-13-20(23-34-21(32-12-26(2,3)31)18-22(35-23)36-25(38)27(18,4)5)37-10-6-7-17(24(37)33-13)39-11-14-15(28)8-9-16(29)19(14)30;2-1-3/h6-10H,11-12,31H2,1-5H3,(H2,32,34,35,36,38);1H,(H,2,3). The molecule has 4 aromatic rings. The first-order chi connectivity index (χ1) is 19.7. The molecule has 3 aromatic heterocycles. The summed E-state index contributed by atoms with van der Waals surface area (Å²) in [7, 11) is 0. The fourth-order valence-corrected chi connectivity index (χ4v) is 4.46. The van der Waals surface area contributed by atoms with Crippen LogP contribution >= 0.6 is 0 Å². The van der Waals surface area contributed by atoms with Crippen LogP contribution in [-0.4, -0.2) is 48.9 Å². The highest BCUT2D eigenvalue weighted by Gasteiger charge is 2.43. The van der Waals surface area contributed by atoms with Crippen LogP contribution < -0.4 is 21.1 Å². The van der Waals surface area contributed by atoms with Gasteiger partial charge in [0.25, 0.3) is 6.47 Å². The molecule has 0 aliphatic carbocycles. The molecule has 1 amide bonds. The lowest BCUT2D eigenvalue weighted by molar-refractivity contribution is -0.123. The van der Waals surface area contributed by atoms with Gasteiger partial charge in [0.2, 0.25) is 5.91 Å². The summed E-state index contributed by atoms with van der Waals surface area (Å²) >= 11 is 0. The van der Waals surface area contributed by atoms with Crippen molar-refractivity contribution in [3.63, 3.8) is 0 Å². The molecule has 222 valence electrons. The van der Waals surface area contributed by atoms with Crippen molar-refractivity contribution in [1.82, 2.24) is 19.4 Å². The van der Waals surface area contributed by atoms with Gasteiger partial charge in [-0.05, 0) is 58.9 Å². The first-order valence-electron chi connectivity index (χ1n) is 12.8. The maximum Gasteiger partial charge on any atom is 0.290 e. The molecule has 5 N–H and O–H groups in total. The molecule has 0 unspecified atom stereocenters. The lowest BCUT2D eigenvalue weighted by atomic mass is 9.87. The Hall–Kier alpha value is -4.72. The Morgan fingerprint density at radius 3 is 2.50 bits per heavy atom. The van der Waals surface area contributed by atoms with Crippen LogP contribution in [0.3, 0.4) is 0 Å². The molecule has 1 aromatic carbocycles. The van der Waals surface area contributed by atoms with E-state index < -0.39 is 40.6 Å². The second kappa shape index (κ2) is 11.3. The predicted molar refractivity (Wildman–Crippen MR) is 149 cm³/mol. The van der Waals surface area contributed by atoms with Gasteiger partial charge >= 0.3 is 0 Å². The molecular formula is C28H30F3N7O4. The number of rotatable bonds is 7. The van der Waals surface area contributed by atoms with Crippen molar-refractivity contribution in [3.05, 3.63) is 64.7 Å². The minimum absolute atomic E-state index is 0.207. The number of imidazole rings is 1. The third kappa shape index (κ3) is 5.70. The molecule has 0 saturated carbocycles. The van der Waals surface area contributed by atoms with Crippen LogP contribution in [0.15, 0.2) is 30.5 Å². The van der Waals surface area contributed by atoms with E-state index in [1.54, 1.807) is 43.5 Å². The topological polar surface area (TPSA) is 157 Å². The van der Waals surface area contributed by atoms with E-state index in [1.165, 1.54) is 0 Å². The summed E-state index contributed by atoms with van der Waals surface area (Å²) < 4.78 is 49.3. The Morgan fingerprint density at radius 1 is 1.17 bits per heavy atom. The number of aromatic nitrogens is 4. The van der Waals surface area contributed by atoms with Crippen molar-refractivity contribution in [1.29, 1.82) is 0 Å². The van der Waals surface area contributed by atoms with Gasteiger partial charge < -0.3 is 26.2 Å². The minimum atomic E-state index is -1.31. The Morgan fingerprint density at radius 2 is 1.83 bits per heavy atom. The number of amides is 1. The van der Waals surface area contributed by atoms with Gasteiger partial charge in [-0.2, -0.15) is 0 Å². The summed E-state index contributed by atoms with van der Waals surface area (Å²) in [5, 5.41) is 13.0. The number of hydrogen-bond acceptors (Lipinski definition) is 8. The Labute approximate surface area is 239 Å². The zero-order chi connectivity index (χ0) is 31.0. The molecule has 0 saturated heterocycles. The van der Waals surface area contributed by atoms with Crippen LogP contribution in [0.25, 0.3) is 17.2 Å². The van der Waals surface area contributed by atoms with E-state index >= 15 is 0 Å². The number of benzene rings is 1. The van der Waals surface area contributed by atoms with E-state index in [2.05, 4.69) is 20.6 Å². The monoisotopic (exact) mass is 585 g/mol. The molecule has 42 heavy (non-hydrogen) atoms. The van der Waals surface area contributed by atoms with E-state index in [4.69, 9.17) is 25.4 Å². The fraction of sp³-hybridized carbons (Fsp3) is 0.321. The van der Waals surface area contributed by atoms with E-state index in [0.29, 0.717) is 40.8 Å². The molecule has 0 fully saturated rings. The van der Waals surface area contributed by atoms with Gasteiger partial charge in [-0.3, -0.25) is 14.0 Å². The maximum atomic E-state index is 14.2. The van der Waals surface area contributed by atoms with E-state index in [1.807, 2.05) is 13.8 Å². The summed E-state index contributed by atoms with van der Waals surface area (Å²) in [6, 6.07) is 4.82. The fourth-order valence-electron chi connectivity index (χ4n) is 4.46. The van der Waals surface area contributed by atoms with E-state index in [0.717, 1.165) is 12.1 Å². The molecule has 0 bridgehead atoms. The van der Waals surface area contributed by atoms with Gasteiger partial charge in [0, 0.05) is 18.3 Å². The lowest BCUT2D eigenvalue weighted by Gasteiger charge is -2.23. The molecular weight excluding hydrogens is 555 g/mol. The van der Waals surface area contributed by atoms with Crippen molar-refractivity contribution in [2.75, 3.05) is 17.2 Å². The number of pyridine rings is 1. The smallest absolute Gasteiger partial charge is 0.290 e. The van der Waals surface area contributed by atoms with Gasteiger partial charge in [0.15, 0.2) is 28.9 Å². The molecule has 14 heteroatoms. The first-order valence-corrected chi connectivity index (χ1v) is 12.8. The van der Waals surface area contributed by atoms with Crippen molar-refractivity contribution < 1.29 is 32.6 Å². The van der Waals surface area contributed by atoms with Gasteiger partial charge in [0.05, 0.1) is 22.2 Å². The van der Waals surface area contributed by atoms with Crippen LogP contribution in [0.2, 0.25) is 0 Å². The normalized spacial score (nSPS) is 13.7. The minimum Gasteiger partial charge on any atom is -0.485 e. The number of carbonyl (C=O) groups is 2. The number of fused-ring (bicyclic) bond motifs is 2. The zero-order valence-electron chi connectivity index (χ0n) is 23.6. The van der Waals surface area contributed by atoms with Crippen LogP contribution in [0.4, 0.5) is 24.8 Å². The van der Waals surface area contributed by atoms with Gasteiger partial charge in [-0.1, -0.05) is 0 Å². The number of ether oxygens (including phenoxy) is 1. The number of nitrogens with one attached hydrogen (secondary N) is 2. The van der Waals surface area contributed by atoms with Crippen LogP contribution in [-0.2, 0) is 21.6 Å². The van der Waals surface area contributed by atoms with Crippen molar-refractivity contribution in [3.8, 4) is 17.3 Å². The average molecular weight is 586 g/mol. The number of hydrogen-bond donors (Lipinski definition) is 4. The molecule has 0 spiro atoms. The van der Waals surface area contributed by atoms with Gasteiger partial charge in [-0.15, -0.1) is 0 Å². The Bertz CT molecular complexity index is 1680. The first kappa shape index (κ1) is 30.2. The third-order valence-corrected chi connectivity index (χ3v) is 6.56. The van der Waals surface area contributed by atoms with Gasteiger partial charge in [0.1, 0.15) is 29.8 Å². The quantitative estimate of drug-likeness (QED) is 0.185. The average Bonchev–Trinajstić information content (AvgIpc) is 3.36. The highest BCUT2D eigenvalue weighted by Crippen LogP contribution is 2.42. The maximum absolute atomic E-state index is 14.2. The number of halogens is 3. The second-order valence-electron chi connectivity index (χ2n) is 10.9. The number of carboxylic acid groups (broad SMARTS) is 1. The lowest BCUT2D eigenvalue weighted by Crippen LogP contribution is -2.40. The largest absolute Gasteiger partial charge is 0.485 e. The third-order valence-electron chi connectivity index (χ3n) is 6.56. The highest BCUT2D eigenvalue weighted by molar-refractivity contribution is 6.06. The number of nitrogens with two attached hydrogens (primary N) is 1. The van der Waals surface area contributed by atoms with E-state index in [-0.39, 0.29) is 24.0 Å². The molecule has 1 aliphatic rings. The van der Waals surface area contributed by atoms with Crippen LogP contribution in [0, 0.1) is 24.4 Å². The number of anilines is 2. The van der Waals surface area contributed by atoms with Crippen LogP contribution in [0.5, 0.6) is 5.75 Å². The number of carbonyl (C=O) groups excluding carboxylic acids is 1.